The van der Waals surface area contributed by atoms with Crippen molar-refractivity contribution in [2.45, 2.75) is 0 Å². The lowest BCUT2D eigenvalue weighted by Gasteiger charge is -2.08. The fourth-order valence-electron chi connectivity index (χ4n) is 7.19. The van der Waals surface area contributed by atoms with Crippen LogP contribution >= 0.6 is 0 Å². The van der Waals surface area contributed by atoms with E-state index in [1.807, 2.05) is 6.07 Å². The third-order valence-corrected chi connectivity index (χ3v) is 9.31. The summed E-state index contributed by atoms with van der Waals surface area (Å²) in [6, 6.07) is 54.2. The first kappa shape index (κ1) is 24.4. The van der Waals surface area contributed by atoms with Gasteiger partial charge in [-0.25, -0.2) is 0 Å². The van der Waals surface area contributed by atoms with E-state index >= 15 is 0 Å². The van der Waals surface area contributed by atoms with Gasteiger partial charge in [0.2, 0.25) is 0 Å². The molecular formula is C42H26N2O. The van der Waals surface area contributed by atoms with E-state index in [9.17, 15) is 0 Å². The first-order valence-corrected chi connectivity index (χ1v) is 15.3. The van der Waals surface area contributed by atoms with E-state index in [0.29, 0.717) is 0 Å². The van der Waals surface area contributed by atoms with Crippen LogP contribution in [0, 0.1) is 0 Å². The molecule has 210 valence electrons. The first-order chi connectivity index (χ1) is 22.3. The smallest absolute Gasteiger partial charge is 0.135 e. The monoisotopic (exact) mass is 574 g/mol. The Bertz CT molecular complexity index is 2710. The lowest BCUT2D eigenvalue weighted by atomic mass is 10.00. The van der Waals surface area contributed by atoms with Gasteiger partial charge in [-0.05, 0) is 82.9 Å². The second-order valence-electron chi connectivity index (χ2n) is 11.9. The summed E-state index contributed by atoms with van der Waals surface area (Å²) in [5.74, 6) is 0. The van der Waals surface area contributed by atoms with E-state index in [2.05, 4.69) is 155 Å². The maximum atomic E-state index is 6.27. The molecule has 0 aliphatic rings. The highest BCUT2D eigenvalue weighted by Crippen LogP contribution is 2.41. The Balaban J connectivity index is 1.05. The number of furan rings is 1. The first-order valence-electron chi connectivity index (χ1n) is 15.3. The van der Waals surface area contributed by atoms with Gasteiger partial charge in [-0.1, -0.05) is 91.0 Å². The van der Waals surface area contributed by atoms with Crippen molar-refractivity contribution in [1.82, 2.24) is 4.40 Å². The van der Waals surface area contributed by atoms with Crippen molar-refractivity contribution < 1.29 is 4.42 Å². The molecule has 0 fully saturated rings. The molecule has 7 aromatic carbocycles. The van der Waals surface area contributed by atoms with Crippen molar-refractivity contribution in [3.05, 3.63) is 152 Å². The average Bonchev–Trinajstić information content (AvgIpc) is 3.75. The fraction of sp³-hybridized carbons (Fsp3) is 0. The van der Waals surface area contributed by atoms with E-state index in [1.54, 1.807) is 0 Å². The van der Waals surface area contributed by atoms with E-state index in [0.717, 1.165) is 33.3 Å². The highest BCUT2D eigenvalue weighted by Gasteiger charge is 2.17. The van der Waals surface area contributed by atoms with Crippen molar-refractivity contribution in [3.63, 3.8) is 0 Å². The van der Waals surface area contributed by atoms with Gasteiger partial charge < -0.3 is 14.1 Å². The molecule has 0 spiro atoms. The molecule has 0 bridgehead atoms. The second-order valence-corrected chi connectivity index (χ2v) is 11.9. The van der Waals surface area contributed by atoms with Crippen LogP contribution in [0.1, 0.15) is 0 Å². The van der Waals surface area contributed by atoms with Crippen LogP contribution in [0.5, 0.6) is 0 Å². The van der Waals surface area contributed by atoms with Crippen LogP contribution in [0.4, 0.5) is 11.4 Å². The highest BCUT2D eigenvalue weighted by atomic mass is 16.3. The van der Waals surface area contributed by atoms with Gasteiger partial charge in [-0.2, -0.15) is 0 Å². The molecule has 0 saturated carbocycles. The molecule has 0 atom stereocenters. The Morgan fingerprint density at radius 2 is 0.956 bits per heavy atom. The number of hydrogen-bond donors (Lipinski definition) is 1. The Labute approximate surface area is 258 Å². The summed E-state index contributed by atoms with van der Waals surface area (Å²) in [5, 5.41) is 11.0. The SMILES string of the molecule is c1ccc(-c2ccc(Nc3ccc4oc5ccc(-c6ccc7c(c6)c6cccc8c9ccccc9n7c86)cc5c4c3)cc2)cc1. The topological polar surface area (TPSA) is 29.6 Å². The number of para-hydroxylation sites is 2. The van der Waals surface area contributed by atoms with Gasteiger partial charge >= 0.3 is 0 Å². The maximum Gasteiger partial charge on any atom is 0.135 e. The molecule has 3 nitrogen and oxygen atoms in total. The quantitative estimate of drug-likeness (QED) is 0.227. The van der Waals surface area contributed by atoms with Gasteiger partial charge in [0.1, 0.15) is 11.2 Å². The van der Waals surface area contributed by atoms with Crippen molar-refractivity contribution in [1.29, 1.82) is 0 Å². The fourth-order valence-corrected chi connectivity index (χ4v) is 7.19. The zero-order valence-corrected chi connectivity index (χ0v) is 24.3. The minimum atomic E-state index is 0.888. The van der Waals surface area contributed by atoms with Crippen LogP contribution in [-0.2, 0) is 0 Å². The molecular weight excluding hydrogens is 548 g/mol. The van der Waals surface area contributed by atoms with Gasteiger partial charge in [-0.3, -0.25) is 0 Å². The molecule has 0 aliphatic heterocycles. The summed E-state index contributed by atoms with van der Waals surface area (Å²) in [5.41, 5.74) is 12.5. The van der Waals surface area contributed by atoms with Gasteiger partial charge in [-0.15, -0.1) is 0 Å². The number of fused-ring (bicyclic) bond motifs is 9. The van der Waals surface area contributed by atoms with E-state index in [4.69, 9.17) is 4.42 Å². The number of nitrogens with one attached hydrogen (secondary N) is 1. The van der Waals surface area contributed by atoms with Gasteiger partial charge in [0.05, 0.1) is 16.6 Å². The van der Waals surface area contributed by atoms with Crippen LogP contribution in [0.2, 0.25) is 0 Å². The molecule has 0 aliphatic carbocycles. The molecule has 3 heterocycles. The lowest BCUT2D eigenvalue weighted by molar-refractivity contribution is 0.669. The Kier molecular flexibility index (Phi) is 5.00. The van der Waals surface area contributed by atoms with Crippen LogP contribution in [0.3, 0.4) is 0 Å². The average molecular weight is 575 g/mol. The van der Waals surface area contributed by atoms with Gasteiger partial charge in [0.25, 0.3) is 0 Å². The molecule has 0 saturated heterocycles. The van der Waals surface area contributed by atoms with Crippen LogP contribution < -0.4 is 5.32 Å². The normalized spacial score (nSPS) is 12.0. The summed E-state index contributed by atoms with van der Waals surface area (Å²) >= 11 is 0. The predicted octanol–water partition coefficient (Wildman–Crippen LogP) is 11.8. The number of rotatable bonds is 4. The van der Waals surface area contributed by atoms with Gasteiger partial charge in [0.15, 0.2) is 0 Å². The lowest BCUT2D eigenvalue weighted by Crippen LogP contribution is -1.89. The van der Waals surface area contributed by atoms with Crippen LogP contribution in [0.25, 0.3) is 82.3 Å². The molecule has 0 unspecified atom stereocenters. The Morgan fingerprint density at radius 3 is 1.80 bits per heavy atom. The molecule has 1 N–H and O–H groups in total. The molecule has 10 aromatic rings. The van der Waals surface area contributed by atoms with Crippen molar-refractivity contribution in [3.8, 4) is 22.3 Å². The second kappa shape index (κ2) is 9.22. The molecule has 0 radical (unpaired) electrons. The minimum Gasteiger partial charge on any atom is -0.456 e. The highest BCUT2D eigenvalue weighted by molar-refractivity contribution is 6.23. The number of hydrogen-bond acceptors (Lipinski definition) is 2. The standard InChI is InChI=1S/C42H26N2O/c1-2-7-26(8-3-1)27-13-17-30(18-14-27)43-31-19-22-41-37(25-31)36-24-29(16-21-40(36)45-41)28-15-20-39-35(23-28)34-11-6-10-33-32-9-4-5-12-38(32)44(39)42(33)34/h1-25,43H. The number of aromatic nitrogens is 1. The van der Waals surface area contributed by atoms with Crippen LogP contribution in [-0.4, -0.2) is 4.40 Å². The third kappa shape index (κ3) is 3.65. The van der Waals surface area contributed by atoms with Gasteiger partial charge in [0, 0.05) is 43.7 Å². The summed E-state index contributed by atoms with van der Waals surface area (Å²) in [7, 11) is 0. The van der Waals surface area contributed by atoms with Crippen molar-refractivity contribution in [2.24, 2.45) is 0 Å². The summed E-state index contributed by atoms with van der Waals surface area (Å²) < 4.78 is 8.69. The number of nitrogens with zero attached hydrogens (tertiary/aromatic N) is 1. The van der Waals surface area contributed by atoms with E-state index < -0.39 is 0 Å². The third-order valence-electron chi connectivity index (χ3n) is 9.31. The molecule has 10 rings (SSSR count). The summed E-state index contributed by atoms with van der Waals surface area (Å²) in [6.07, 6.45) is 0. The van der Waals surface area contributed by atoms with Crippen LogP contribution in [0.15, 0.2) is 156 Å². The summed E-state index contributed by atoms with van der Waals surface area (Å²) in [4.78, 5) is 0. The van der Waals surface area contributed by atoms with E-state index in [-0.39, 0.29) is 0 Å². The minimum absolute atomic E-state index is 0.888. The summed E-state index contributed by atoms with van der Waals surface area (Å²) in [6.45, 7) is 0. The molecule has 45 heavy (non-hydrogen) atoms. The number of benzene rings is 7. The Morgan fingerprint density at radius 1 is 0.378 bits per heavy atom. The largest absolute Gasteiger partial charge is 0.456 e. The van der Waals surface area contributed by atoms with Crippen molar-refractivity contribution in [2.75, 3.05) is 5.32 Å². The Hall–Kier alpha value is -6.06. The zero-order chi connectivity index (χ0) is 29.5. The molecule has 3 heteroatoms. The zero-order valence-electron chi connectivity index (χ0n) is 24.3. The molecule has 3 aromatic heterocycles. The molecule has 0 amide bonds. The van der Waals surface area contributed by atoms with Crippen molar-refractivity contribution >= 4 is 71.4 Å². The van der Waals surface area contributed by atoms with E-state index in [1.165, 1.54) is 60.3 Å². The maximum absolute atomic E-state index is 6.27. The number of anilines is 2. The predicted molar refractivity (Wildman–Crippen MR) is 189 cm³/mol.